The Kier molecular flexibility index (Phi) is 6.30. The summed E-state index contributed by atoms with van der Waals surface area (Å²) in [5.74, 6) is 0. The molecule has 0 aliphatic heterocycles. The lowest BCUT2D eigenvalue weighted by atomic mass is 10.2. The first-order chi connectivity index (χ1) is 14.0. The number of rotatable bonds is 7. The topological polar surface area (TPSA) is 57.0 Å². The van der Waals surface area contributed by atoms with Crippen LogP contribution in [0, 0.1) is 20.8 Å². The van der Waals surface area contributed by atoms with Crippen LogP contribution in [-0.2, 0) is 4.57 Å². The van der Waals surface area contributed by atoms with E-state index in [0.717, 1.165) is 11.1 Å². The van der Waals surface area contributed by atoms with Gasteiger partial charge < -0.3 is 4.62 Å². The predicted octanol–water partition coefficient (Wildman–Crippen LogP) is 4.32. The second kappa shape index (κ2) is 8.89. The molecule has 148 valence electrons. The normalized spacial score (nSPS) is 12.0. The Bertz CT molecular complexity index is 1080. The SMILES string of the molecule is C=C/C=C/C=C\c1nnn(OP(=O)(c2ccccc2C)c2ccccc2C)c1C. The molecule has 0 unspecified atom stereocenters. The quantitative estimate of drug-likeness (QED) is 0.434. The van der Waals surface area contributed by atoms with Crippen molar-refractivity contribution in [3.05, 3.63) is 102 Å². The highest BCUT2D eigenvalue weighted by Crippen LogP contribution is 2.43. The minimum absolute atomic E-state index is 0.639. The van der Waals surface area contributed by atoms with Crippen molar-refractivity contribution in [2.24, 2.45) is 0 Å². The molecule has 0 aliphatic carbocycles. The molecule has 0 fully saturated rings. The van der Waals surface area contributed by atoms with Crippen molar-refractivity contribution >= 4 is 24.1 Å². The first kappa shape index (κ1) is 20.6. The van der Waals surface area contributed by atoms with Gasteiger partial charge in [0.15, 0.2) is 0 Å². The Labute approximate surface area is 171 Å². The summed E-state index contributed by atoms with van der Waals surface area (Å²) in [6.45, 7) is 9.32. The van der Waals surface area contributed by atoms with Crippen molar-refractivity contribution in [2.45, 2.75) is 20.8 Å². The van der Waals surface area contributed by atoms with Gasteiger partial charge in [-0.2, -0.15) is 0 Å². The molecule has 0 spiro atoms. The molecule has 29 heavy (non-hydrogen) atoms. The van der Waals surface area contributed by atoms with Gasteiger partial charge in [0.25, 0.3) is 0 Å². The summed E-state index contributed by atoms with van der Waals surface area (Å²) >= 11 is 0. The van der Waals surface area contributed by atoms with E-state index in [2.05, 4.69) is 16.9 Å². The van der Waals surface area contributed by atoms with Gasteiger partial charge in [0.2, 0.25) is 0 Å². The van der Waals surface area contributed by atoms with E-state index in [9.17, 15) is 4.57 Å². The standard InChI is InChI=1S/C23H24N3O2P/c1-5-6-7-8-15-21-20(4)26(25-24-21)28-29(27,22-16-11-9-13-18(22)2)23-17-12-10-14-19(23)3/h5-17H,1H2,2-4H3/b7-6+,15-8-. The van der Waals surface area contributed by atoms with Gasteiger partial charge in [0, 0.05) is 0 Å². The van der Waals surface area contributed by atoms with E-state index >= 15 is 0 Å². The highest BCUT2D eigenvalue weighted by Gasteiger charge is 2.34. The van der Waals surface area contributed by atoms with Gasteiger partial charge >= 0.3 is 7.37 Å². The predicted molar refractivity (Wildman–Crippen MR) is 119 cm³/mol. The van der Waals surface area contributed by atoms with Crippen LogP contribution in [-0.4, -0.2) is 15.2 Å². The summed E-state index contributed by atoms with van der Waals surface area (Å²) in [7, 11) is -3.46. The molecule has 5 nitrogen and oxygen atoms in total. The number of aryl methyl sites for hydroxylation is 2. The lowest BCUT2D eigenvalue weighted by molar-refractivity contribution is 0.230. The van der Waals surface area contributed by atoms with Crippen LogP contribution in [0.4, 0.5) is 0 Å². The first-order valence-electron chi connectivity index (χ1n) is 9.28. The Morgan fingerprint density at radius 2 is 1.52 bits per heavy atom. The van der Waals surface area contributed by atoms with Crippen LogP contribution >= 0.6 is 7.37 Å². The molecule has 1 aromatic heterocycles. The summed E-state index contributed by atoms with van der Waals surface area (Å²) in [6, 6.07) is 15.1. The zero-order valence-electron chi connectivity index (χ0n) is 16.8. The molecule has 0 saturated carbocycles. The summed E-state index contributed by atoms with van der Waals surface area (Å²) in [6.07, 6.45) is 9.01. The maximum absolute atomic E-state index is 14.3. The van der Waals surface area contributed by atoms with Gasteiger partial charge in [-0.25, -0.2) is 0 Å². The largest absolute Gasteiger partial charge is 0.330 e. The van der Waals surface area contributed by atoms with Crippen LogP contribution in [0.3, 0.4) is 0 Å². The molecule has 0 amide bonds. The second-order valence-corrected chi connectivity index (χ2v) is 8.85. The number of nitrogens with zero attached hydrogens (tertiary/aromatic N) is 3. The molecule has 3 rings (SSSR count). The Balaban J connectivity index is 2.08. The Morgan fingerprint density at radius 3 is 2.07 bits per heavy atom. The van der Waals surface area contributed by atoms with Crippen molar-refractivity contribution in [1.29, 1.82) is 0 Å². The maximum Gasteiger partial charge on any atom is 0.330 e. The minimum Gasteiger partial charge on any atom is -0.330 e. The van der Waals surface area contributed by atoms with Crippen LogP contribution in [0.15, 0.2) is 79.4 Å². The van der Waals surface area contributed by atoms with E-state index in [1.165, 1.54) is 4.85 Å². The fourth-order valence-corrected chi connectivity index (χ4v) is 5.41. The lowest BCUT2D eigenvalue weighted by Gasteiger charge is -2.22. The highest BCUT2D eigenvalue weighted by molar-refractivity contribution is 7.74. The molecule has 0 bridgehead atoms. The minimum atomic E-state index is -3.46. The third-order valence-electron chi connectivity index (χ3n) is 4.56. The molecule has 0 radical (unpaired) electrons. The van der Waals surface area contributed by atoms with Gasteiger partial charge in [0.1, 0.15) is 11.4 Å². The number of benzene rings is 2. The molecular weight excluding hydrogens is 381 g/mol. The summed E-state index contributed by atoms with van der Waals surface area (Å²) < 4.78 is 20.4. The van der Waals surface area contributed by atoms with Crippen LogP contribution in [0.5, 0.6) is 0 Å². The van der Waals surface area contributed by atoms with E-state index in [1.54, 1.807) is 6.08 Å². The molecule has 3 aromatic rings. The van der Waals surface area contributed by atoms with Gasteiger partial charge in [-0.15, -0.1) is 5.10 Å². The monoisotopic (exact) mass is 405 g/mol. The zero-order chi connectivity index (χ0) is 20.9. The van der Waals surface area contributed by atoms with Crippen LogP contribution < -0.4 is 15.2 Å². The molecule has 1 heterocycles. The third kappa shape index (κ3) is 4.30. The maximum atomic E-state index is 14.3. The van der Waals surface area contributed by atoms with Crippen LogP contribution in [0.2, 0.25) is 0 Å². The second-order valence-electron chi connectivity index (χ2n) is 6.62. The van der Waals surface area contributed by atoms with E-state index in [0.29, 0.717) is 22.0 Å². The van der Waals surface area contributed by atoms with Gasteiger partial charge in [0.05, 0.1) is 10.6 Å². The van der Waals surface area contributed by atoms with Crippen molar-refractivity contribution in [3.63, 3.8) is 0 Å². The average Bonchev–Trinajstić information content (AvgIpc) is 3.05. The number of aromatic nitrogens is 3. The third-order valence-corrected chi connectivity index (χ3v) is 7.22. The molecule has 0 atom stereocenters. The average molecular weight is 405 g/mol. The lowest BCUT2D eigenvalue weighted by Crippen LogP contribution is -2.29. The smallest absolute Gasteiger partial charge is 0.330 e. The van der Waals surface area contributed by atoms with Crippen molar-refractivity contribution in [1.82, 2.24) is 15.2 Å². The summed E-state index contributed by atoms with van der Waals surface area (Å²) in [5.41, 5.74) is 3.09. The first-order valence-corrected chi connectivity index (χ1v) is 10.9. The fourth-order valence-electron chi connectivity index (χ4n) is 2.96. The van der Waals surface area contributed by atoms with Gasteiger partial charge in [-0.05, 0) is 55.3 Å². The number of allylic oxidation sites excluding steroid dienone is 4. The Hall–Kier alpha value is -3.17. The van der Waals surface area contributed by atoms with E-state index in [1.807, 2.05) is 93.6 Å². The van der Waals surface area contributed by atoms with E-state index < -0.39 is 7.37 Å². The summed E-state index contributed by atoms with van der Waals surface area (Å²) in [4.78, 5) is 1.26. The molecule has 0 N–H and O–H groups in total. The molecule has 6 heteroatoms. The van der Waals surface area contributed by atoms with Gasteiger partial charge in [-0.1, -0.05) is 72.1 Å². The van der Waals surface area contributed by atoms with E-state index in [-0.39, 0.29) is 0 Å². The molecular formula is C23H24N3O2P. The number of hydrogen-bond donors (Lipinski definition) is 0. The number of hydrogen-bond acceptors (Lipinski definition) is 4. The van der Waals surface area contributed by atoms with Crippen molar-refractivity contribution < 1.29 is 9.19 Å². The summed E-state index contributed by atoms with van der Waals surface area (Å²) in [5, 5.41) is 9.53. The van der Waals surface area contributed by atoms with Crippen molar-refractivity contribution in [3.8, 4) is 0 Å². The molecule has 0 aliphatic rings. The van der Waals surface area contributed by atoms with Crippen LogP contribution in [0.1, 0.15) is 22.5 Å². The highest BCUT2D eigenvalue weighted by atomic mass is 31.2. The Morgan fingerprint density at radius 1 is 0.931 bits per heavy atom. The van der Waals surface area contributed by atoms with E-state index in [4.69, 9.17) is 4.62 Å². The van der Waals surface area contributed by atoms with Gasteiger partial charge in [-0.3, -0.25) is 4.57 Å². The van der Waals surface area contributed by atoms with Crippen LogP contribution in [0.25, 0.3) is 6.08 Å². The molecule has 0 saturated heterocycles. The molecule has 2 aromatic carbocycles. The fraction of sp³-hybridized carbons (Fsp3) is 0.130. The van der Waals surface area contributed by atoms with Crippen molar-refractivity contribution in [2.75, 3.05) is 0 Å². The zero-order valence-corrected chi connectivity index (χ0v) is 17.7.